The van der Waals surface area contributed by atoms with Crippen molar-refractivity contribution >= 4 is 0 Å². The van der Waals surface area contributed by atoms with Crippen LogP contribution in [0.3, 0.4) is 0 Å². The number of aryl methyl sites for hydroxylation is 1. The summed E-state index contributed by atoms with van der Waals surface area (Å²) in [6, 6.07) is 1.84. The van der Waals surface area contributed by atoms with Gasteiger partial charge in [0.1, 0.15) is 0 Å². The van der Waals surface area contributed by atoms with Gasteiger partial charge in [-0.25, -0.2) is 4.79 Å². The number of aromatic amines is 1. The Bertz CT molecular complexity index is 435. The third-order valence-electron chi connectivity index (χ3n) is 1.45. The Morgan fingerprint density at radius 2 is 2.33 bits per heavy atom. The van der Waals surface area contributed by atoms with Crippen molar-refractivity contribution < 1.29 is 0 Å². The first-order chi connectivity index (χ1) is 5.65. The summed E-state index contributed by atoms with van der Waals surface area (Å²) in [5, 5.41) is 8.31. The van der Waals surface area contributed by atoms with E-state index in [0.717, 1.165) is 0 Å². The zero-order valence-electron chi connectivity index (χ0n) is 6.50. The highest BCUT2D eigenvalue weighted by atomic mass is 16.2. The van der Waals surface area contributed by atoms with Crippen molar-refractivity contribution in [2.24, 2.45) is 7.05 Å². The van der Waals surface area contributed by atoms with E-state index in [-0.39, 0.29) is 6.42 Å². The van der Waals surface area contributed by atoms with Gasteiger partial charge in [0.2, 0.25) is 0 Å². The van der Waals surface area contributed by atoms with E-state index in [1.807, 2.05) is 6.07 Å². The molecular weight excluding hydrogens is 158 g/mol. The minimum absolute atomic E-state index is 0.0173. The molecule has 1 N–H and O–H groups in total. The Morgan fingerprint density at radius 3 is 2.92 bits per heavy atom. The van der Waals surface area contributed by atoms with E-state index in [1.54, 1.807) is 0 Å². The Kier molecular flexibility index (Phi) is 2.10. The van der Waals surface area contributed by atoms with Gasteiger partial charge in [0.05, 0.1) is 12.5 Å². The van der Waals surface area contributed by atoms with Crippen LogP contribution in [0.25, 0.3) is 0 Å². The summed E-state index contributed by atoms with van der Waals surface area (Å²) in [5.41, 5.74) is -0.652. The number of nitrogens with one attached hydrogen (secondary N) is 1. The Labute approximate surface area is 67.9 Å². The molecule has 0 spiro atoms. The maximum atomic E-state index is 11.0. The molecule has 62 valence electrons. The van der Waals surface area contributed by atoms with Crippen molar-refractivity contribution in [3.8, 4) is 6.07 Å². The van der Waals surface area contributed by atoms with Gasteiger partial charge in [-0.3, -0.25) is 9.78 Å². The SMILES string of the molecule is Cn1cc(CC#N)c(=O)[nH]c1=O. The predicted octanol–water partition coefficient (Wildman–Crippen LogP) is -0.860. The smallest absolute Gasteiger partial charge is 0.303 e. The van der Waals surface area contributed by atoms with Crippen molar-refractivity contribution in [2.75, 3.05) is 0 Å². The Morgan fingerprint density at radius 1 is 1.67 bits per heavy atom. The fourth-order valence-electron chi connectivity index (χ4n) is 0.828. The van der Waals surface area contributed by atoms with Crippen molar-refractivity contribution in [3.05, 3.63) is 32.6 Å². The average Bonchev–Trinajstić information content (AvgIpc) is 2.01. The first-order valence-corrected chi connectivity index (χ1v) is 3.31. The molecular formula is C7H7N3O2. The Balaban J connectivity index is 3.35. The van der Waals surface area contributed by atoms with Gasteiger partial charge in [0.25, 0.3) is 5.56 Å². The second kappa shape index (κ2) is 3.05. The van der Waals surface area contributed by atoms with E-state index < -0.39 is 11.2 Å². The molecule has 0 amide bonds. The van der Waals surface area contributed by atoms with Crippen molar-refractivity contribution in [1.29, 1.82) is 5.26 Å². The van der Waals surface area contributed by atoms with Crippen LogP contribution in [-0.2, 0) is 13.5 Å². The number of rotatable bonds is 1. The number of H-pyrrole nitrogens is 1. The molecule has 0 atom stereocenters. The Hall–Kier alpha value is -1.83. The molecule has 12 heavy (non-hydrogen) atoms. The molecule has 1 rings (SSSR count). The zero-order valence-corrected chi connectivity index (χ0v) is 6.50. The molecule has 0 unspecified atom stereocenters. The summed E-state index contributed by atoms with van der Waals surface area (Å²) >= 11 is 0. The first-order valence-electron chi connectivity index (χ1n) is 3.31. The van der Waals surface area contributed by atoms with Gasteiger partial charge in [-0.15, -0.1) is 0 Å². The van der Waals surface area contributed by atoms with Crippen LogP contribution >= 0.6 is 0 Å². The zero-order chi connectivity index (χ0) is 9.14. The number of nitriles is 1. The van der Waals surface area contributed by atoms with Crippen molar-refractivity contribution in [2.45, 2.75) is 6.42 Å². The van der Waals surface area contributed by atoms with E-state index in [0.29, 0.717) is 5.56 Å². The lowest BCUT2D eigenvalue weighted by molar-refractivity contribution is 0.783. The summed E-state index contributed by atoms with van der Waals surface area (Å²) in [7, 11) is 1.51. The van der Waals surface area contributed by atoms with Crippen molar-refractivity contribution in [3.63, 3.8) is 0 Å². The lowest BCUT2D eigenvalue weighted by atomic mass is 10.2. The minimum Gasteiger partial charge on any atom is -0.303 e. The summed E-state index contributed by atoms with van der Waals surface area (Å²) in [5.74, 6) is 0. The molecule has 0 radical (unpaired) electrons. The van der Waals surface area contributed by atoms with Crippen LogP contribution in [0.4, 0.5) is 0 Å². The molecule has 0 aliphatic heterocycles. The maximum absolute atomic E-state index is 11.0. The van der Waals surface area contributed by atoms with Crippen LogP contribution in [0.15, 0.2) is 15.8 Å². The van der Waals surface area contributed by atoms with Gasteiger partial charge in [0, 0.05) is 18.8 Å². The average molecular weight is 165 g/mol. The summed E-state index contributed by atoms with van der Waals surface area (Å²) in [6.45, 7) is 0. The molecule has 0 saturated heterocycles. The minimum atomic E-state index is -0.486. The van der Waals surface area contributed by atoms with E-state index >= 15 is 0 Å². The van der Waals surface area contributed by atoms with Gasteiger partial charge < -0.3 is 4.57 Å². The molecule has 0 bridgehead atoms. The highest BCUT2D eigenvalue weighted by Crippen LogP contribution is 1.85. The third-order valence-corrected chi connectivity index (χ3v) is 1.45. The van der Waals surface area contributed by atoms with Crippen LogP contribution in [0.1, 0.15) is 5.56 Å². The number of hydrogen-bond acceptors (Lipinski definition) is 3. The topological polar surface area (TPSA) is 78.7 Å². The van der Waals surface area contributed by atoms with Gasteiger partial charge in [-0.1, -0.05) is 0 Å². The maximum Gasteiger partial charge on any atom is 0.328 e. The summed E-state index contributed by atoms with van der Waals surface area (Å²) in [4.78, 5) is 23.9. The van der Waals surface area contributed by atoms with E-state index in [9.17, 15) is 9.59 Å². The van der Waals surface area contributed by atoms with Gasteiger partial charge in [-0.2, -0.15) is 5.26 Å². The van der Waals surface area contributed by atoms with Gasteiger partial charge in [0.15, 0.2) is 0 Å². The molecule has 1 heterocycles. The molecule has 0 aliphatic rings. The van der Waals surface area contributed by atoms with Gasteiger partial charge >= 0.3 is 5.69 Å². The fraction of sp³-hybridized carbons (Fsp3) is 0.286. The molecule has 0 fully saturated rings. The van der Waals surface area contributed by atoms with E-state index in [4.69, 9.17) is 5.26 Å². The molecule has 1 aromatic heterocycles. The lowest BCUT2D eigenvalue weighted by Gasteiger charge is -1.96. The molecule has 1 aromatic rings. The normalized spacial score (nSPS) is 9.33. The highest BCUT2D eigenvalue weighted by molar-refractivity contribution is 5.09. The third kappa shape index (κ3) is 1.42. The molecule has 0 aromatic carbocycles. The second-order valence-corrected chi connectivity index (χ2v) is 2.36. The lowest BCUT2D eigenvalue weighted by Crippen LogP contribution is -2.29. The highest BCUT2D eigenvalue weighted by Gasteiger charge is 2.00. The van der Waals surface area contributed by atoms with E-state index in [2.05, 4.69) is 4.98 Å². The number of nitrogens with zero attached hydrogens (tertiary/aromatic N) is 2. The van der Waals surface area contributed by atoms with Crippen LogP contribution < -0.4 is 11.2 Å². The largest absolute Gasteiger partial charge is 0.328 e. The predicted molar refractivity (Wildman–Crippen MR) is 41.6 cm³/mol. The molecule has 0 aliphatic carbocycles. The number of aromatic nitrogens is 2. The molecule has 0 saturated carbocycles. The van der Waals surface area contributed by atoms with Crippen LogP contribution in [0, 0.1) is 11.3 Å². The van der Waals surface area contributed by atoms with Crippen LogP contribution in [0.5, 0.6) is 0 Å². The van der Waals surface area contributed by atoms with Crippen LogP contribution in [-0.4, -0.2) is 9.55 Å². The van der Waals surface area contributed by atoms with Crippen LogP contribution in [0.2, 0.25) is 0 Å². The summed E-state index contributed by atoms with van der Waals surface area (Å²) in [6.07, 6.45) is 1.38. The summed E-state index contributed by atoms with van der Waals surface area (Å²) < 4.78 is 1.23. The quantitative estimate of drug-likeness (QED) is 0.588. The monoisotopic (exact) mass is 165 g/mol. The van der Waals surface area contributed by atoms with Crippen molar-refractivity contribution in [1.82, 2.24) is 9.55 Å². The number of hydrogen-bond donors (Lipinski definition) is 1. The fourth-order valence-corrected chi connectivity index (χ4v) is 0.828. The van der Waals surface area contributed by atoms with E-state index in [1.165, 1.54) is 17.8 Å². The van der Waals surface area contributed by atoms with Gasteiger partial charge in [-0.05, 0) is 0 Å². The molecule has 5 heteroatoms. The second-order valence-electron chi connectivity index (χ2n) is 2.36. The standard InChI is InChI=1S/C7H7N3O2/c1-10-4-5(2-3-8)6(11)9-7(10)12/h4H,2H2,1H3,(H,9,11,12). The first kappa shape index (κ1) is 8.27. The molecule has 5 nitrogen and oxygen atoms in total.